The van der Waals surface area contributed by atoms with Gasteiger partial charge in [0.2, 0.25) is 0 Å². The predicted octanol–water partition coefficient (Wildman–Crippen LogP) is 7.34. The van der Waals surface area contributed by atoms with Crippen molar-refractivity contribution in [2.45, 2.75) is 101 Å². The average molecular weight is 893 g/mol. The van der Waals surface area contributed by atoms with Gasteiger partial charge < -0.3 is 14.2 Å². The molecule has 0 unspecified atom stereocenters. The van der Waals surface area contributed by atoms with Crippen LogP contribution in [0.25, 0.3) is 39.0 Å². The highest BCUT2D eigenvalue weighted by Crippen LogP contribution is 2.57. The molecular weight excluding hydrogens is 847 g/mol. The maximum Gasteiger partial charge on any atom is 0.438 e. The molecule has 8 heterocycles. The number of hydrogen-bond acceptors (Lipinski definition) is 8. The third-order valence-electron chi connectivity index (χ3n) is 15.6. The molecule has 5 aromatic heterocycles. The van der Waals surface area contributed by atoms with E-state index >= 15 is 13.6 Å². The number of nitrogens with zero attached hydrogens (tertiary/aromatic N) is 9. The number of carbonyl (C=O) groups excluding carboxylic acids is 1. The second kappa shape index (κ2) is 13.6. The van der Waals surface area contributed by atoms with Crippen molar-refractivity contribution in [3.8, 4) is 17.2 Å². The van der Waals surface area contributed by atoms with Crippen molar-refractivity contribution in [3.63, 3.8) is 0 Å². The van der Waals surface area contributed by atoms with Gasteiger partial charge in [0.1, 0.15) is 22.9 Å². The van der Waals surface area contributed by atoms with Crippen LogP contribution in [0.1, 0.15) is 108 Å². The number of nitrogens with one attached hydrogen (secondary N) is 1. The van der Waals surface area contributed by atoms with Gasteiger partial charge in [-0.1, -0.05) is 18.1 Å². The SMILES string of the molecule is Cc1cc(-n2nc3c(c2-n2ccn(-c4ccc5c(cnn5C)c4F)c2=O)[C@@H]2CC[C@H](C3)N2C(=O)c2cc3cc([C@H]4CCOC5(CC5)C4)ccc3n2[C@]2(c3noc(=O)[nH]3)C[C@H]2C)cc(C)c1F. The lowest BCUT2D eigenvalue weighted by molar-refractivity contribution is -0.0132. The lowest BCUT2D eigenvalue weighted by Gasteiger charge is -2.35. The molecule has 66 heavy (non-hydrogen) atoms. The fourth-order valence-electron chi connectivity index (χ4n) is 12.0. The Morgan fingerprint density at radius 3 is 2.44 bits per heavy atom. The summed E-state index contributed by atoms with van der Waals surface area (Å²) in [5, 5.41) is 14.8. The molecule has 5 aliphatic rings. The number of aryl methyl sites for hydroxylation is 3. The lowest BCUT2D eigenvalue weighted by Crippen LogP contribution is -2.43. The zero-order valence-electron chi connectivity index (χ0n) is 36.8. The van der Waals surface area contributed by atoms with Crippen LogP contribution in [0.3, 0.4) is 0 Å². The van der Waals surface area contributed by atoms with E-state index in [1.807, 2.05) is 11.0 Å². The lowest BCUT2D eigenvalue weighted by atomic mass is 9.87. The molecule has 2 saturated carbocycles. The minimum absolute atomic E-state index is 0.0111. The number of imidazole rings is 1. The van der Waals surface area contributed by atoms with Crippen LogP contribution < -0.4 is 11.4 Å². The van der Waals surface area contributed by atoms with Gasteiger partial charge in [0.05, 0.1) is 45.8 Å². The fourth-order valence-corrected chi connectivity index (χ4v) is 12.0. The molecule has 17 heteroatoms. The number of ether oxygens (including phenoxy) is 1. The minimum Gasteiger partial charge on any atom is -0.375 e. The van der Waals surface area contributed by atoms with Crippen molar-refractivity contribution in [2.75, 3.05) is 6.61 Å². The van der Waals surface area contributed by atoms with Crippen LogP contribution in [0, 0.1) is 31.4 Å². The van der Waals surface area contributed by atoms with E-state index in [0.717, 1.165) is 48.9 Å². The Morgan fingerprint density at radius 1 is 0.924 bits per heavy atom. The summed E-state index contributed by atoms with van der Waals surface area (Å²) < 4.78 is 50.7. The first-order chi connectivity index (χ1) is 31.8. The summed E-state index contributed by atoms with van der Waals surface area (Å²) >= 11 is 0. The van der Waals surface area contributed by atoms with E-state index in [1.165, 1.54) is 27.1 Å². The van der Waals surface area contributed by atoms with E-state index in [0.29, 0.717) is 76.8 Å². The van der Waals surface area contributed by atoms with Crippen LogP contribution >= 0.6 is 0 Å². The number of aromatic nitrogens is 9. The highest BCUT2D eigenvalue weighted by molar-refractivity contribution is 6.00. The van der Waals surface area contributed by atoms with Crippen LogP contribution in [-0.2, 0) is 23.7 Å². The number of fused-ring (bicyclic) bond motifs is 6. The van der Waals surface area contributed by atoms with Crippen molar-refractivity contribution in [1.29, 1.82) is 0 Å². The first-order valence-corrected chi connectivity index (χ1v) is 22.8. The van der Waals surface area contributed by atoms with Crippen molar-refractivity contribution < 1.29 is 22.8 Å². The number of benzene rings is 3. The summed E-state index contributed by atoms with van der Waals surface area (Å²) in [5.41, 5.74) is 4.58. The molecule has 5 atom stereocenters. The van der Waals surface area contributed by atoms with Crippen molar-refractivity contribution >= 4 is 27.7 Å². The van der Waals surface area contributed by atoms with E-state index in [9.17, 15) is 9.59 Å². The number of aromatic amines is 1. The topological polar surface area (TPSA) is 156 Å². The average Bonchev–Trinajstić information content (AvgIpc) is 3.70. The smallest absolute Gasteiger partial charge is 0.375 e. The normalized spacial score (nSPS) is 23.9. The molecule has 13 rings (SSSR count). The maximum absolute atomic E-state index is 16.2. The number of halogens is 2. The molecule has 15 nitrogen and oxygen atoms in total. The van der Waals surface area contributed by atoms with E-state index in [2.05, 4.69) is 44.9 Å². The highest BCUT2D eigenvalue weighted by atomic mass is 19.1. The number of amides is 1. The predicted molar refractivity (Wildman–Crippen MR) is 238 cm³/mol. The first-order valence-electron chi connectivity index (χ1n) is 22.8. The first kappa shape index (κ1) is 39.5. The van der Waals surface area contributed by atoms with Gasteiger partial charge in [-0.05, 0) is 130 Å². The second-order valence-corrected chi connectivity index (χ2v) is 19.5. The van der Waals surface area contributed by atoms with Gasteiger partial charge in [-0.25, -0.2) is 23.1 Å². The van der Waals surface area contributed by atoms with Crippen LogP contribution in [0.5, 0.6) is 0 Å². The summed E-state index contributed by atoms with van der Waals surface area (Å²) in [6.07, 6.45) is 11.0. The van der Waals surface area contributed by atoms with Crippen LogP contribution in [0.15, 0.2) is 81.2 Å². The number of carbonyl (C=O) groups is 1. The molecule has 1 spiro atoms. The van der Waals surface area contributed by atoms with E-state index in [4.69, 9.17) is 14.4 Å². The summed E-state index contributed by atoms with van der Waals surface area (Å²) in [6.45, 7) is 6.18. The largest absolute Gasteiger partial charge is 0.438 e. The quantitative estimate of drug-likeness (QED) is 0.174. The molecule has 336 valence electrons. The minimum atomic E-state index is -0.837. The zero-order chi connectivity index (χ0) is 45.1. The summed E-state index contributed by atoms with van der Waals surface area (Å²) in [5.74, 6) is -0.659. The van der Waals surface area contributed by atoms with Gasteiger partial charge in [-0.3, -0.25) is 28.1 Å². The van der Waals surface area contributed by atoms with Gasteiger partial charge in [-0.15, -0.1) is 0 Å². The van der Waals surface area contributed by atoms with Gasteiger partial charge >= 0.3 is 11.4 Å². The van der Waals surface area contributed by atoms with Crippen LogP contribution in [-0.4, -0.2) is 72.5 Å². The summed E-state index contributed by atoms with van der Waals surface area (Å²) in [6, 6.07) is 14.4. The molecule has 2 bridgehead atoms. The molecule has 4 fully saturated rings. The molecule has 8 aromatic rings. The molecule has 1 N–H and O–H groups in total. The Labute approximate surface area is 375 Å². The maximum atomic E-state index is 16.2. The van der Waals surface area contributed by atoms with Gasteiger partial charge in [0.25, 0.3) is 5.91 Å². The highest BCUT2D eigenvalue weighted by Gasteiger charge is 2.60. The fraction of sp³-hybridized carbons (Fsp3) is 0.388. The molecule has 0 radical (unpaired) electrons. The Hall–Kier alpha value is -6.88. The van der Waals surface area contributed by atoms with Gasteiger partial charge in [0, 0.05) is 55.0 Å². The van der Waals surface area contributed by atoms with Crippen molar-refractivity contribution in [3.05, 3.63) is 139 Å². The summed E-state index contributed by atoms with van der Waals surface area (Å²) in [7, 11) is 1.73. The molecule has 3 aromatic carbocycles. The molecular formula is C49H46F2N10O5. The standard InChI is InChI=1S/C49H46F2N10O5/c1-25-17-32(18-26(2)41(25)50)61-43(58-15-14-57(47(58)64)38-10-9-36-33(42(38)51)24-52-56(36)4)40-34(54-61)21-31-6-8-37(40)59(31)44(62)39-20-30-19-28(29-11-16-65-48(23-29)12-13-48)5-7-35(30)60(39)49(22-27(49)3)45-53-46(63)66-55-45/h5,7,9-10,14-15,17-20,24,27,29,31,37H,6,8,11-13,16,21-23H2,1-4H3,(H,53,55,63)/t27-,29+,31-,37+,49-/m1/s1. The number of rotatable bonds is 7. The molecule has 2 saturated heterocycles. The Morgan fingerprint density at radius 2 is 1.70 bits per heavy atom. The molecule has 1 amide bonds. The van der Waals surface area contributed by atoms with Gasteiger partial charge in [0.15, 0.2) is 11.6 Å². The third kappa shape index (κ3) is 5.48. The zero-order valence-corrected chi connectivity index (χ0v) is 36.8. The third-order valence-corrected chi connectivity index (χ3v) is 15.6. The molecule has 2 aliphatic carbocycles. The van der Waals surface area contributed by atoms with E-state index in [1.54, 1.807) is 60.7 Å². The van der Waals surface area contributed by atoms with Gasteiger partial charge in [-0.2, -0.15) is 10.2 Å². The summed E-state index contributed by atoms with van der Waals surface area (Å²) in [4.78, 5) is 47.8. The van der Waals surface area contributed by atoms with Crippen molar-refractivity contribution in [2.24, 2.45) is 13.0 Å². The molecule has 3 aliphatic heterocycles. The Balaban J connectivity index is 0.969. The monoisotopic (exact) mass is 892 g/mol. The second-order valence-electron chi connectivity index (χ2n) is 19.5. The Bertz CT molecular complexity index is 3490. The Kier molecular flexibility index (Phi) is 8.13. The number of hydrogen-bond donors (Lipinski definition) is 1. The van der Waals surface area contributed by atoms with Crippen LogP contribution in [0.4, 0.5) is 8.78 Å². The van der Waals surface area contributed by atoms with E-state index in [-0.39, 0.29) is 40.4 Å². The number of H-pyrrole nitrogens is 1. The van der Waals surface area contributed by atoms with Crippen molar-refractivity contribution in [1.82, 2.24) is 48.3 Å². The van der Waals surface area contributed by atoms with Crippen LogP contribution in [0.2, 0.25) is 0 Å². The van der Waals surface area contributed by atoms with E-state index < -0.39 is 28.8 Å².